The average molecular weight is 314 g/mol. The Morgan fingerprint density at radius 3 is 2.68 bits per heavy atom. The van der Waals surface area contributed by atoms with Gasteiger partial charge in [-0.3, -0.25) is 4.40 Å². The highest BCUT2D eigenvalue weighted by molar-refractivity contribution is 7.15. The van der Waals surface area contributed by atoms with Gasteiger partial charge in [-0.25, -0.2) is 9.78 Å². The Labute approximate surface area is 133 Å². The van der Waals surface area contributed by atoms with Crippen molar-refractivity contribution in [2.24, 2.45) is 0 Å². The number of amides is 2. The molecule has 2 heterocycles. The predicted molar refractivity (Wildman–Crippen MR) is 89.6 cm³/mol. The number of carbonyl (C=O) groups is 1. The molecule has 0 aliphatic rings. The molecule has 1 aromatic carbocycles. The van der Waals surface area contributed by atoms with Crippen LogP contribution >= 0.6 is 11.3 Å². The van der Waals surface area contributed by atoms with E-state index in [1.807, 2.05) is 42.9 Å². The van der Waals surface area contributed by atoms with Crippen molar-refractivity contribution in [3.63, 3.8) is 0 Å². The summed E-state index contributed by atoms with van der Waals surface area (Å²) in [6, 6.07) is 3.91. The van der Waals surface area contributed by atoms with Crippen LogP contribution in [0.15, 0.2) is 29.9 Å². The summed E-state index contributed by atoms with van der Waals surface area (Å²) < 4.78 is 1.95. The summed E-state index contributed by atoms with van der Waals surface area (Å²) in [6.07, 6.45) is 3.88. The molecule has 0 atom stereocenters. The fourth-order valence-electron chi connectivity index (χ4n) is 2.57. The number of carbonyl (C=O) groups excluding carboxylic acids is 1. The van der Waals surface area contributed by atoms with Gasteiger partial charge in [-0.1, -0.05) is 17.7 Å². The molecule has 0 aliphatic carbocycles. The van der Waals surface area contributed by atoms with E-state index < -0.39 is 0 Å². The molecule has 2 N–H and O–H groups in total. The highest BCUT2D eigenvalue weighted by Gasteiger charge is 2.09. The minimum Gasteiger partial charge on any atom is -0.332 e. The van der Waals surface area contributed by atoms with Crippen LogP contribution in [0.3, 0.4) is 0 Å². The number of hydrogen-bond acceptors (Lipinski definition) is 3. The lowest BCUT2D eigenvalue weighted by atomic mass is 10.1. The minimum atomic E-state index is -0.216. The average Bonchev–Trinajstić information content (AvgIpc) is 3.01. The van der Waals surface area contributed by atoms with Gasteiger partial charge in [0.05, 0.1) is 12.2 Å². The van der Waals surface area contributed by atoms with Gasteiger partial charge in [0.2, 0.25) is 0 Å². The molecular weight excluding hydrogens is 296 g/mol. The zero-order chi connectivity index (χ0) is 15.7. The van der Waals surface area contributed by atoms with Gasteiger partial charge in [0, 0.05) is 23.5 Å². The first kappa shape index (κ1) is 14.6. The molecule has 0 saturated heterocycles. The summed E-state index contributed by atoms with van der Waals surface area (Å²) >= 11 is 1.57. The van der Waals surface area contributed by atoms with Gasteiger partial charge in [0.25, 0.3) is 0 Å². The van der Waals surface area contributed by atoms with Crippen molar-refractivity contribution in [1.29, 1.82) is 0 Å². The molecule has 6 heteroatoms. The molecule has 0 radical (unpaired) electrons. The van der Waals surface area contributed by atoms with E-state index in [2.05, 4.69) is 27.8 Å². The van der Waals surface area contributed by atoms with Crippen LogP contribution in [0.2, 0.25) is 0 Å². The van der Waals surface area contributed by atoms with E-state index in [-0.39, 0.29) is 6.03 Å². The third-order valence-electron chi connectivity index (χ3n) is 3.49. The SMILES string of the molecule is Cc1cc(C)c(NC(=O)NCc2cn3ccsc3n2)c(C)c1. The van der Waals surface area contributed by atoms with Crippen molar-refractivity contribution >= 4 is 28.0 Å². The molecule has 0 unspecified atom stereocenters. The number of fused-ring (bicyclic) bond motifs is 1. The molecule has 0 saturated carbocycles. The van der Waals surface area contributed by atoms with E-state index in [4.69, 9.17) is 0 Å². The number of nitrogens with one attached hydrogen (secondary N) is 2. The van der Waals surface area contributed by atoms with Crippen molar-refractivity contribution in [1.82, 2.24) is 14.7 Å². The van der Waals surface area contributed by atoms with Crippen LogP contribution in [0.1, 0.15) is 22.4 Å². The molecule has 0 spiro atoms. The Kier molecular flexibility index (Phi) is 3.85. The highest BCUT2D eigenvalue weighted by Crippen LogP contribution is 2.21. The second-order valence-electron chi connectivity index (χ2n) is 5.41. The largest absolute Gasteiger partial charge is 0.332 e. The van der Waals surface area contributed by atoms with Gasteiger partial charge in [0.15, 0.2) is 4.96 Å². The molecule has 114 valence electrons. The van der Waals surface area contributed by atoms with E-state index >= 15 is 0 Å². The van der Waals surface area contributed by atoms with Gasteiger partial charge in [-0.2, -0.15) is 0 Å². The van der Waals surface area contributed by atoms with Gasteiger partial charge < -0.3 is 10.6 Å². The lowest BCUT2D eigenvalue weighted by molar-refractivity contribution is 0.251. The van der Waals surface area contributed by atoms with Gasteiger partial charge in [-0.05, 0) is 31.9 Å². The molecule has 0 aliphatic heterocycles. The second-order valence-corrected chi connectivity index (χ2v) is 6.28. The molecular formula is C16H18N4OS. The fraction of sp³-hybridized carbons (Fsp3) is 0.250. The van der Waals surface area contributed by atoms with E-state index in [9.17, 15) is 4.79 Å². The zero-order valence-corrected chi connectivity index (χ0v) is 13.6. The lowest BCUT2D eigenvalue weighted by Gasteiger charge is -2.13. The number of nitrogens with zero attached hydrogens (tertiary/aromatic N) is 2. The molecule has 22 heavy (non-hydrogen) atoms. The zero-order valence-electron chi connectivity index (χ0n) is 12.8. The maximum atomic E-state index is 12.1. The molecule has 3 rings (SSSR count). The number of imidazole rings is 1. The summed E-state index contributed by atoms with van der Waals surface area (Å²) in [6.45, 7) is 6.46. The first-order valence-electron chi connectivity index (χ1n) is 7.06. The summed E-state index contributed by atoms with van der Waals surface area (Å²) in [4.78, 5) is 17.4. The van der Waals surface area contributed by atoms with Gasteiger partial charge >= 0.3 is 6.03 Å². The fourth-order valence-corrected chi connectivity index (χ4v) is 3.29. The third kappa shape index (κ3) is 2.96. The number of hydrogen-bond donors (Lipinski definition) is 2. The first-order chi connectivity index (χ1) is 10.5. The molecule has 2 amide bonds. The molecule has 2 aromatic heterocycles. The van der Waals surface area contributed by atoms with E-state index in [1.54, 1.807) is 11.3 Å². The molecule has 5 nitrogen and oxygen atoms in total. The number of anilines is 1. The van der Waals surface area contributed by atoms with E-state index in [0.717, 1.165) is 27.5 Å². The van der Waals surface area contributed by atoms with Crippen LogP contribution in [-0.2, 0) is 6.54 Å². The monoisotopic (exact) mass is 314 g/mol. The Bertz CT molecular complexity index is 782. The molecule has 0 bridgehead atoms. The summed E-state index contributed by atoms with van der Waals surface area (Å²) in [5.41, 5.74) is 5.04. The van der Waals surface area contributed by atoms with E-state index in [1.165, 1.54) is 5.56 Å². The molecule has 3 aromatic rings. The predicted octanol–water partition coefficient (Wildman–Crippen LogP) is 3.64. The van der Waals surface area contributed by atoms with Crippen molar-refractivity contribution in [3.05, 3.63) is 52.3 Å². The Morgan fingerprint density at radius 2 is 2.00 bits per heavy atom. The quantitative estimate of drug-likeness (QED) is 0.775. The summed E-state index contributed by atoms with van der Waals surface area (Å²) in [7, 11) is 0. The van der Waals surface area contributed by atoms with Crippen LogP contribution in [0.25, 0.3) is 4.96 Å². The smallest absolute Gasteiger partial charge is 0.319 e. The van der Waals surface area contributed by atoms with E-state index in [0.29, 0.717) is 6.54 Å². The van der Waals surface area contributed by atoms with Crippen molar-refractivity contribution in [2.75, 3.05) is 5.32 Å². The second kappa shape index (κ2) is 5.81. The van der Waals surface area contributed by atoms with Crippen LogP contribution in [0.5, 0.6) is 0 Å². The van der Waals surface area contributed by atoms with Crippen molar-refractivity contribution in [3.8, 4) is 0 Å². The maximum absolute atomic E-state index is 12.1. The number of rotatable bonds is 3. The highest BCUT2D eigenvalue weighted by atomic mass is 32.1. The number of aryl methyl sites for hydroxylation is 3. The molecule has 0 fully saturated rings. The topological polar surface area (TPSA) is 58.4 Å². The standard InChI is InChI=1S/C16H18N4OS/c1-10-6-11(2)14(12(3)7-10)19-15(21)17-8-13-9-20-4-5-22-16(20)18-13/h4-7,9H,8H2,1-3H3,(H2,17,19,21). The van der Waals surface area contributed by atoms with Crippen LogP contribution in [-0.4, -0.2) is 15.4 Å². The maximum Gasteiger partial charge on any atom is 0.319 e. The van der Waals surface area contributed by atoms with Crippen molar-refractivity contribution < 1.29 is 4.79 Å². The van der Waals surface area contributed by atoms with Crippen LogP contribution < -0.4 is 10.6 Å². The van der Waals surface area contributed by atoms with Gasteiger partial charge in [0.1, 0.15) is 0 Å². The Morgan fingerprint density at radius 1 is 1.27 bits per heavy atom. The Balaban J connectivity index is 1.64. The van der Waals surface area contributed by atoms with Gasteiger partial charge in [-0.15, -0.1) is 11.3 Å². The first-order valence-corrected chi connectivity index (χ1v) is 7.94. The number of urea groups is 1. The van der Waals surface area contributed by atoms with Crippen LogP contribution in [0.4, 0.5) is 10.5 Å². The Hall–Kier alpha value is -2.34. The number of aromatic nitrogens is 2. The number of benzene rings is 1. The lowest BCUT2D eigenvalue weighted by Crippen LogP contribution is -2.29. The number of thiazole rings is 1. The summed E-state index contributed by atoms with van der Waals surface area (Å²) in [5.74, 6) is 0. The van der Waals surface area contributed by atoms with Crippen LogP contribution in [0, 0.1) is 20.8 Å². The minimum absolute atomic E-state index is 0.216. The van der Waals surface area contributed by atoms with Crippen molar-refractivity contribution in [2.45, 2.75) is 27.3 Å². The third-order valence-corrected chi connectivity index (χ3v) is 4.26. The summed E-state index contributed by atoms with van der Waals surface area (Å²) in [5, 5.41) is 7.75. The normalized spacial score (nSPS) is 10.9.